The molecule has 0 saturated carbocycles. The first-order chi connectivity index (χ1) is 12.7. The highest BCUT2D eigenvalue weighted by Crippen LogP contribution is 2.19. The fourth-order valence-corrected chi connectivity index (χ4v) is 3.28. The molecule has 138 valence electrons. The number of amides is 1. The van der Waals surface area contributed by atoms with Crippen LogP contribution in [0.2, 0.25) is 0 Å². The van der Waals surface area contributed by atoms with Crippen molar-refractivity contribution in [3.05, 3.63) is 59.9 Å². The van der Waals surface area contributed by atoms with E-state index in [2.05, 4.69) is 15.2 Å². The van der Waals surface area contributed by atoms with E-state index in [9.17, 15) is 9.90 Å². The van der Waals surface area contributed by atoms with Crippen molar-refractivity contribution in [3.8, 4) is 5.75 Å². The highest BCUT2D eigenvalue weighted by atomic mass is 16.5. The van der Waals surface area contributed by atoms with Crippen LogP contribution >= 0.6 is 0 Å². The molecule has 1 aromatic heterocycles. The van der Waals surface area contributed by atoms with Crippen molar-refractivity contribution in [3.63, 3.8) is 0 Å². The average Bonchev–Trinajstić information content (AvgIpc) is 3.04. The Hall–Kier alpha value is -2.44. The molecule has 1 fully saturated rings. The zero-order chi connectivity index (χ0) is 18.4. The Labute approximate surface area is 153 Å². The molecule has 3 rings (SSSR count). The van der Waals surface area contributed by atoms with Crippen molar-refractivity contribution in [2.45, 2.75) is 19.5 Å². The lowest BCUT2D eigenvalue weighted by Gasteiger charge is -2.18. The van der Waals surface area contributed by atoms with Crippen LogP contribution in [0, 0.1) is 5.92 Å². The Bertz CT molecular complexity index is 706. The molecule has 1 aliphatic heterocycles. The Balaban J connectivity index is 1.59. The third-order valence-electron chi connectivity index (χ3n) is 4.61. The number of hydrogen-bond donors (Lipinski definition) is 2. The molecule has 0 aliphatic carbocycles. The topological polar surface area (TPSA) is 74.7 Å². The van der Waals surface area contributed by atoms with E-state index in [1.165, 1.54) is 0 Å². The van der Waals surface area contributed by atoms with E-state index in [0.717, 1.165) is 18.0 Å². The molecular weight excluding hydrogens is 330 g/mol. The van der Waals surface area contributed by atoms with Gasteiger partial charge in [-0.15, -0.1) is 0 Å². The van der Waals surface area contributed by atoms with Crippen LogP contribution in [0.4, 0.5) is 0 Å². The number of nitrogens with one attached hydrogen (secondary N) is 1. The number of rotatable bonds is 7. The highest BCUT2D eigenvalue weighted by molar-refractivity contribution is 5.94. The lowest BCUT2D eigenvalue weighted by atomic mass is 10.0. The van der Waals surface area contributed by atoms with Gasteiger partial charge in [-0.05, 0) is 43.3 Å². The molecule has 1 aliphatic rings. The quantitative estimate of drug-likeness (QED) is 0.791. The first kappa shape index (κ1) is 18.4. The zero-order valence-electron chi connectivity index (χ0n) is 15.0. The minimum Gasteiger partial charge on any atom is -0.494 e. The summed E-state index contributed by atoms with van der Waals surface area (Å²) in [6, 6.07) is 12.9. The molecular formula is C20H25N3O3. The van der Waals surface area contributed by atoms with E-state index in [-0.39, 0.29) is 24.5 Å². The van der Waals surface area contributed by atoms with Gasteiger partial charge >= 0.3 is 0 Å². The van der Waals surface area contributed by atoms with Gasteiger partial charge in [0.1, 0.15) is 5.75 Å². The predicted molar refractivity (Wildman–Crippen MR) is 99.0 cm³/mol. The number of aliphatic hydroxyl groups excluding tert-OH is 1. The fourth-order valence-electron chi connectivity index (χ4n) is 3.28. The van der Waals surface area contributed by atoms with E-state index in [4.69, 9.17) is 4.74 Å². The smallest absolute Gasteiger partial charge is 0.251 e. The molecule has 0 radical (unpaired) electrons. The number of nitrogens with zero attached hydrogens (tertiary/aromatic N) is 2. The summed E-state index contributed by atoms with van der Waals surface area (Å²) in [7, 11) is 0. The standard InChI is InChI=1S/C20H25N3O3/c1-2-26-18-8-6-15(7-9-18)20(25)22-19-13-23(11-16(19)14-24)12-17-5-3-4-10-21-17/h3-10,16,19,24H,2,11-14H2,1H3,(H,22,25)/t16-,19+/m0/s1. The summed E-state index contributed by atoms with van der Waals surface area (Å²) < 4.78 is 5.40. The molecule has 0 spiro atoms. The Morgan fingerprint density at radius 2 is 2.08 bits per heavy atom. The second-order valence-electron chi connectivity index (χ2n) is 6.50. The number of likely N-dealkylation sites (tertiary alicyclic amines) is 1. The third-order valence-corrected chi connectivity index (χ3v) is 4.61. The molecule has 0 unspecified atom stereocenters. The van der Waals surface area contributed by atoms with Gasteiger partial charge in [0, 0.05) is 50.0 Å². The van der Waals surface area contributed by atoms with Gasteiger partial charge in [-0.1, -0.05) is 6.07 Å². The molecule has 1 aromatic carbocycles. The van der Waals surface area contributed by atoms with E-state index in [1.54, 1.807) is 30.5 Å². The normalized spacial score (nSPS) is 20.1. The number of pyridine rings is 1. The Morgan fingerprint density at radius 3 is 2.73 bits per heavy atom. The SMILES string of the molecule is CCOc1ccc(C(=O)N[C@@H]2CN(Cc3ccccn3)C[C@H]2CO)cc1. The number of hydrogen-bond acceptors (Lipinski definition) is 5. The van der Waals surface area contributed by atoms with Crippen LogP contribution in [0.25, 0.3) is 0 Å². The summed E-state index contributed by atoms with van der Waals surface area (Å²) in [4.78, 5) is 19.1. The van der Waals surface area contributed by atoms with Gasteiger partial charge in [-0.2, -0.15) is 0 Å². The third kappa shape index (κ3) is 4.59. The number of aromatic nitrogens is 1. The van der Waals surface area contributed by atoms with Crippen molar-refractivity contribution < 1.29 is 14.6 Å². The highest BCUT2D eigenvalue weighted by Gasteiger charge is 2.33. The molecule has 26 heavy (non-hydrogen) atoms. The predicted octanol–water partition coefficient (Wildman–Crippen LogP) is 1.70. The lowest BCUT2D eigenvalue weighted by molar-refractivity contribution is 0.0921. The molecule has 2 aromatic rings. The van der Waals surface area contributed by atoms with E-state index in [1.807, 2.05) is 25.1 Å². The summed E-state index contributed by atoms with van der Waals surface area (Å²) >= 11 is 0. The number of carbonyl (C=O) groups excluding carboxylic acids is 1. The van der Waals surface area contributed by atoms with Gasteiger partial charge < -0.3 is 15.2 Å². The van der Waals surface area contributed by atoms with Crippen molar-refractivity contribution in [2.75, 3.05) is 26.3 Å². The van der Waals surface area contributed by atoms with Crippen molar-refractivity contribution in [1.29, 1.82) is 0 Å². The maximum Gasteiger partial charge on any atom is 0.251 e. The average molecular weight is 355 g/mol. The van der Waals surface area contributed by atoms with Crippen molar-refractivity contribution in [1.82, 2.24) is 15.2 Å². The summed E-state index contributed by atoms with van der Waals surface area (Å²) in [5.41, 5.74) is 1.58. The van der Waals surface area contributed by atoms with E-state index in [0.29, 0.717) is 25.3 Å². The van der Waals surface area contributed by atoms with Crippen LogP contribution in [0.1, 0.15) is 23.0 Å². The van der Waals surface area contributed by atoms with Gasteiger partial charge in [0.15, 0.2) is 0 Å². The summed E-state index contributed by atoms with van der Waals surface area (Å²) in [6.45, 7) is 4.72. The zero-order valence-corrected chi connectivity index (χ0v) is 15.0. The second kappa shape index (κ2) is 8.78. The van der Waals surface area contributed by atoms with Crippen molar-refractivity contribution >= 4 is 5.91 Å². The van der Waals surface area contributed by atoms with Crippen LogP contribution < -0.4 is 10.1 Å². The number of ether oxygens (including phenoxy) is 1. The van der Waals surface area contributed by atoms with Gasteiger partial charge in [0.05, 0.1) is 12.3 Å². The van der Waals surface area contributed by atoms with Crippen LogP contribution in [0.5, 0.6) is 5.75 Å². The molecule has 1 saturated heterocycles. The monoisotopic (exact) mass is 355 g/mol. The summed E-state index contributed by atoms with van der Waals surface area (Å²) in [5.74, 6) is 0.640. The minimum absolute atomic E-state index is 0.0189. The number of aliphatic hydroxyl groups is 1. The fraction of sp³-hybridized carbons (Fsp3) is 0.400. The van der Waals surface area contributed by atoms with Crippen molar-refractivity contribution in [2.24, 2.45) is 5.92 Å². The summed E-state index contributed by atoms with van der Waals surface area (Å²) in [5, 5.41) is 12.8. The first-order valence-corrected chi connectivity index (χ1v) is 8.96. The van der Waals surface area contributed by atoms with Gasteiger partial charge in [0.25, 0.3) is 5.91 Å². The minimum atomic E-state index is -0.129. The number of benzene rings is 1. The lowest BCUT2D eigenvalue weighted by Crippen LogP contribution is -2.41. The van der Waals surface area contributed by atoms with Gasteiger partial charge in [-0.3, -0.25) is 14.7 Å². The molecule has 2 heterocycles. The van der Waals surface area contributed by atoms with E-state index >= 15 is 0 Å². The molecule has 6 heteroatoms. The van der Waals surface area contributed by atoms with Crippen LogP contribution in [-0.2, 0) is 6.54 Å². The molecule has 1 amide bonds. The Morgan fingerprint density at radius 1 is 1.27 bits per heavy atom. The van der Waals surface area contributed by atoms with Gasteiger partial charge in [-0.25, -0.2) is 0 Å². The van der Waals surface area contributed by atoms with Crippen LogP contribution in [-0.4, -0.2) is 53.2 Å². The maximum atomic E-state index is 12.5. The molecule has 2 atom stereocenters. The molecule has 6 nitrogen and oxygen atoms in total. The van der Waals surface area contributed by atoms with E-state index < -0.39 is 0 Å². The van der Waals surface area contributed by atoms with Crippen LogP contribution in [0.3, 0.4) is 0 Å². The number of carbonyl (C=O) groups is 1. The molecule has 2 N–H and O–H groups in total. The van der Waals surface area contributed by atoms with Crippen LogP contribution in [0.15, 0.2) is 48.7 Å². The van der Waals surface area contributed by atoms with Gasteiger partial charge in [0.2, 0.25) is 0 Å². The first-order valence-electron chi connectivity index (χ1n) is 8.96. The second-order valence-corrected chi connectivity index (χ2v) is 6.50. The maximum absolute atomic E-state index is 12.5. The largest absolute Gasteiger partial charge is 0.494 e. The summed E-state index contributed by atoms with van der Waals surface area (Å²) in [6.07, 6.45) is 1.78. The molecule has 0 bridgehead atoms. The Kier molecular flexibility index (Phi) is 6.20.